The van der Waals surface area contributed by atoms with E-state index in [4.69, 9.17) is 4.98 Å². The number of hydrogen-bond acceptors (Lipinski definition) is 3. The van der Waals surface area contributed by atoms with Gasteiger partial charge in [0.25, 0.3) is 0 Å². The molecule has 202 valence electrons. The average molecular weight is 542 g/mol. The molecule has 3 aromatic heterocycles. The first-order chi connectivity index (χ1) is 20.5. The molecule has 0 atom stereocenters. The first-order valence-electron chi connectivity index (χ1n) is 14.3. The van der Waals surface area contributed by atoms with E-state index in [2.05, 4.69) is 117 Å². The summed E-state index contributed by atoms with van der Waals surface area (Å²) in [4.78, 5) is 13.7. The van der Waals surface area contributed by atoms with E-state index in [1.807, 2.05) is 36.9 Å². The lowest BCUT2D eigenvalue weighted by molar-refractivity contribution is 1.28. The lowest BCUT2D eigenvalue weighted by Gasteiger charge is -2.21. The predicted octanol–water partition coefficient (Wildman–Crippen LogP) is 10.1. The molecule has 0 amide bonds. The minimum atomic E-state index is 0.995. The van der Waals surface area contributed by atoms with Crippen molar-refractivity contribution in [2.24, 2.45) is 0 Å². The summed E-state index contributed by atoms with van der Waals surface area (Å²) in [6.45, 7) is 8.83. The number of aromatic nitrogens is 3. The third kappa shape index (κ3) is 4.44. The van der Waals surface area contributed by atoms with Gasteiger partial charge in [-0.15, -0.1) is 0 Å². The first kappa shape index (κ1) is 25.8. The van der Waals surface area contributed by atoms with Gasteiger partial charge in [0.15, 0.2) is 0 Å². The van der Waals surface area contributed by atoms with Crippen molar-refractivity contribution in [3.63, 3.8) is 0 Å². The maximum atomic E-state index is 4.79. The fourth-order valence-electron chi connectivity index (χ4n) is 6.48. The molecule has 3 nitrogen and oxygen atoms in total. The van der Waals surface area contributed by atoms with Crippen LogP contribution in [0.25, 0.3) is 66.3 Å². The van der Waals surface area contributed by atoms with Gasteiger partial charge in [-0.05, 0) is 143 Å². The van der Waals surface area contributed by atoms with Crippen molar-refractivity contribution in [2.75, 3.05) is 0 Å². The lowest BCUT2D eigenvalue weighted by atomic mass is 9.83. The Labute approximate surface area is 246 Å². The number of hydrogen-bond donors (Lipinski definition) is 0. The average Bonchev–Trinajstić information content (AvgIpc) is 3.01. The summed E-state index contributed by atoms with van der Waals surface area (Å²) in [5, 5.41) is 3.60. The molecule has 0 spiro atoms. The lowest BCUT2D eigenvalue weighted by Crippen LogP contribution is -1.98. The second-order valence-corrected chi connectivity index (χ2v) is 11.2. The van der Waals surface area contributed by atoms with Gasteiger partial charge < -0.3 is 0 Å². The summed E-state index contributed by atoms with van der Waals surface area (Å²) >= 11 is 0. The molecule has 3 heteroatoms. The summed E-state index contributed by atoms with van der Waals surface area (Å²) in [6.07, 6.45) is 7.47. The molecule has 0 radical (unpaired) electrons. The molecule has 0 saturated heterocycles. The van der Waals surface area contributed by atoms with Crippen molar-refractivity contribution in [1.29, 1.82) is 0 Å². The second-order valence-electron chi connectivity index (χ2n) is 11.2. The van der Waals surface area contributed by atoms with E-state index in [1.54, 1.807) is 0 Å². The normalized spacial score (nSPS) is 11.3. The molecule has 0 fully saturated rings. The Hall–Kier alpha value is -5.15. The molecule has 0 bridgehead atoms. The molecule has 7 aromatic rings. The monoisotopic (exact) mass is 541 g/mol. The SMILES string of the molecule is Cc1ccnc(-c2cccc(-c3c(C)cc(C)c(-c4cc5ncccc5c5ccc(-c6ccncc6)cc45)c3C)c2)c1. The number of nitrogens with zero attached hydrogens (tertiary/aromatic N) is 3. The van der Waals surface area contributed by atoms with E-state index >= 15 is 0 Å². The molecular weight excluding hydrogens is 510 g/mol. The van der Waals surface area contributed by atoms with Crippen LogP contribution in [0, 0.1) is 27.7 Å². The van der Waals surface area contributed by atoms with Crippen molar-refractivity contribution >= 4 is 21.7 Å². The van der Waals surface area contributed by atoms with Crippen LogP contribution in [-0.4, -0.2) is 15.0 Å². The molecule has 0 saturated carbocycles. The highest BCUT2D eigenvalue weighted by atomic mass is 14.7. The molecule has 3 heterocycles. The van der Waals surface area contributed by atoms with Crippen LogP contribution in [0.15, 0.2) is 116 Å². The van der Waals surface area contributed by atoms with Crippen LogP contribution >= 0.6 is 0 Å². The summed E-state index contributed by atoms with van der Waals surface area (Å²) in [5.41, 5.74) is 15.4. The zero-order valence-electron chi connectivity index (χ0n) is 24.3. The number of rotatable bonds is 4. The summed E-state index contributed by atoms with van der Waals surface area (Å²) in [5.74, 6) is 0. The predicted molar refractivity (Wildman–Crippen MR) is 176 cm³/mol. The fourth-order valence-corrected chi connectivity index (χ4v) is 6.48. The van der Waals surface area contributed by atoms with Crippen molar-refractivity contribution in [3.05, 3.63) is 138 Å². The fraction of sp³-hybridized carbons (Fsp3) is 0.103. The van der Waals surface area contributed by atoms with Crippen LogP contribution in [0.5, 0.6) is 0 Å². The Bertz CT molecular complexity index is 2130. The minimum Gasteiger partial charge on any atom is -0.265 e. The number of benzene rings is 4. The molecule has 0 unspecified atom stereocenters. The Morgan fingerprint density at radius 3 is 2.12 bits per heavy atom. The van der Waals surface area contributed by atoms with Crippen LogP contribution in [0.3, 0.4) is 0 Å². The second kappa shape index (κ2) is 10.4. The largest absolute Gasteiger partial charge is 0.265 e. The van der Waals surface area contributed by atoms with Gasteiger partial charge in [0.2, 0.25) is 0 Å². The highest BCUT2D eigenvalue weighted by Gasteiger charge is 2.19. The van der Waals surface area contributed by atoms with E-state index in [-0.39, 0.29) is 0 Å². The van der Waals surface area contributed by atoms with Crippen molar-refractivity contribution in [1.82, 2.24) is 15.0 Å². The van der Waals surface area contributed by atoms with Gasteiger partial charge >= 0.3 is 0 Å². The summed E-state index contributed by atoms with van der Waals surface area (Å²) in [6, 6.07) is 32.7. The van der Waals surface area contributed by atoms with E-state index in [0.717, 1.165) is 22.3 Å². The molecule has 0 N–H and O–H groups in total. The van der Waals surface area contributed by atoms with Crippen molar-refractivity contribution in [2.45, 2.75) is 27.7 Å². The smallest absolute Gasteiger partial charge is 0.0714 e. The highest BCUT2D eigenvalue weighted by molar-refractivity contribution is 6.14. The van der Waals surface area contributed by atoms with Crippen LogP contribution in [-0.2, 0) is 0 Å². The third-order valence-corrected chi connectivity index (χ3v) is 8.34. The standard InChI is InChI=1S/C39H31N3/c1-24-12-18-42-36(19-24)30-7-5-8-31(21-30)38-25(2)20-26(3)39(27(38)4)35-23-37-33(9-6-15-41-37)32-11-10-29(22-34(32)35)28-13-16-40-17-14-28/h5-23H,1-4H3. The van der Waals surface area contributed by atoms with Gasteiger partial charge in [0, 0.05) is 35.7 Å². The molecular formula is C39H31N3. The van der Waals surface area contributed by atoms with Crippen LogP contribution < -0.4 is 0 Å². The van der Waals surface area contributed by atoms with E-state index in [9.17, 15) is 0 Å². The topological polar surface area (TPSA) is 38.7 Å². The van der Waals surface area contributed by atoms with Gasteiger partial charge in [0.1, 0.15) is 0 Å². The van der Waals surface area contributed by atoms with Crippen LogP contribution in [0.4, 0.5) is 0 Å². The summed E-state index contributed by atoms with van der Waals surface area (Å²) < 4.78 is 0. The number of aryl methyl sites for hydroxylation is 3. The number of pyridine rings is 3. The zero-order valence-corrected chi connectivity index (χ0v) is 24.3. The Balaban J connectivity index is 1.49. The quantitative estimate of drug-likeness (QED) is 0.208. The van der Waals surface area contributed by atoms with Gasteiger partial charge in [-0.25, -0.2) is 0 Å². The first-order valence-corrected chi connectivity index (χ1v) is 14.3. The number of fused-ring (bicyclic) bond motifs is 3. The Morgan fingerprint density at radius 2 is 1.29 bits per heavy atom. The van der Waals surface area contributed by atoms with Crippen LogP contribution in [0.1, 0.15) is 22.3 Å². The van der Waals surface area contributed by atoms with Gasteiger partial charge in [-0.3, -0.25) is 15.0 Å². The molecule has 42 heavy (non-hydrogen) atoms. The molecule has 0 aliphatic carbocycles. The maximum absolute atomic E-state index is 4.79. The van der Waals surface area contributed by atoms with Crippen molar-refractivity contribution in [3.8, 4) is 44.6 Å². The molecule has 0 aliphatic heterocycles. The van der Waals surface area contributed by atoms with Gasteiger partial charge in [-0.2, -0.15) is 0 Å². The Morgan fingerprint density at radius 1 is 0.476 bits per heavy atom. The molecule has 4 aromatic carbocycles. The van der Waals surface area contributed by atoms with Gasteiger partial charge in [-0.1, -0.05) is 42.5 Å². The van der Waals surface area contributed by atoms with Crippen LogP contribution in [0.2, 0.25) is 0 Å². The van der Waals surface area contributed by atoms with Crippen molar-refractivity contribution < 1.29 is 0 Å². The molecule has 7 rings (SSSR count). The maximum Gasteiger partial charge on any atom is 0.0714 e. The van der Waals surface area contributed by atoms with Gasteiger partial charge in [0.05, 0.1) is 11.2 Å². The van der Waals surface area contributed by atoms with E-state index in [1.165, 1.54) is 66.2 Å². The Kier molecular flexibility index (Phi) is 6.36. The molecule has 0 aliphatic rings. The van der Waals surface area contributed by atoms with E-state index < -0.39 is 0 Å². The highest BCUT2D eigenvalue weighted by Crippen LogP contribution is 2.43. The third-order valence-electron chi connectivity index (χ3n) is 8.34. The van der Waals surface area contributed by atoms with E-state index in [0.29, 0.717) is 0 Å². The minimum absolute atomic E-state index is 0.995. The summed E-state index contributed by atoms with van der Waals surface area (Å²) in [7, 11) is 0. The zero-order chi connectivity index (χ0) is 28.8.